The minimum atomic E-state index is -2.27. The van der Waals surface area contributed by atoms with Gasteiger partial charge in [-0.25, -0.2) is 0 Å². The first kappa shape index (κ1) is 36.9. The highest BCUT2D eigenvalue weighted by Crippen LogP contribution is 2.54. The number of benzene rings is 5. The van der Waals surface area contributed by atoms with Gasteiger partial charge in [-0.3, -0.25) is 0 Å². The van der Waals surface area contributed by atoms with E-state index in [0.29, 0.717) is 11.1 Å². The summed E-state index contributed by atoms with van der Waals surface area (Å²) in [7, 11) is 0. The summed E-state index contributed by atoms with van der Waals surface area (Å²) >= 11 is 0. The van der Waals surface area contributed by atoms with Gasteiger partial charge in [0, 0.05) is 37.9 Å². The van der Waals surface area contributed by atoms with Gasteiger partial charge in [-0.1, -0.05) is 133 Å². The Kier molecular flexibility index (Phi) is 7.69. The van der Waals surface area contributed by atoms with E-state index < -0.39 is 6.85 Å². The van der Waals surface area contributed by atoms with Crippen LogP contribution >= 0.6 is 0 Å². The molecule has 3 heterocycles. The summed E-state index contributed by atoms with van der Waals surface area (Å²) in [6.45, 7) is 30.6. The van der Waals surface area contributed by atoms with Crippen LogP contribution in [0, 0.1) is 6.85 Å². The molecule has 10 rings (SSSR count). The molecule has 61 heavy (non-hydrogen) atoms. The Morgan fingerprint density at radius 1 is 0.541 bits per heavy atom. The average molecular weight is 810 g/mol. The minimum absolute atomic E-state index is 0.00903. The van der Waals surface area contributed by atoms with Crippen LogP contribution in [0.4, 0.5) is 34.1 Å². The molecule has 0 spiro atoms. The van der Waals surface area contributed by atoms with E-state index in [2.05, 4.69) is 173 Å². The third kappa shape index (κ3) is 6.04. The van der Waals surface area contributed by atoms with Gasteiger partial charge in [-0.2, -0.15) is 0 Å². The first-order valence-electron chi connectivity index (χ1n) is 24.4. The highest BCUT2D eigenvalue weighted by molar-refractivity contribution is 7.00. The van der Waals surface area contributed by atoms with Crippen LogP contribution in [0.15, 0.2) is 89.3 Å². The van der Waals surface area contributed by atoms with E-state index in [9.17, 15) is 0 Å². The predicted octanol–water partition coefficient (Wildman–Crippen LogP) is 14.1. The van der Waals surface area contributed by atoms with Crippen LogP contribution in [-0.4, -0.2) is 6.71 Å². The summed E-state index contributed by atoms with van der Waals surface area (Å²) in [5, 5.41) is 0.819. The second kappa shape index (κ2) is 12.7. The molecule has 0 radical (unpaired) electrons. The Morgan fingerprint density at radius 2 is 1.08 bits per heavy atom. The third-order valence-corrected chi connectivity index (χ3v) is 15.6. The van der Waals surface area contributed by atoms with Gasteiger partial charge in [0.2, 0.25) is 0 Å². The molecule has 2 aliphatic heterocycles. The van der Waals surface area contributed by atoms with Crippen LogP contribution in [0.2, 0.25) is 0 Å². The van der Waals surface area contributed by atoms with Crippen LogP contribution in [0.1, 0.15) is 166 Å². The summed E-state index contributed by atoms with van der Waals surface area (Å²) in [5.74, 6) is 0. The first-order chi connectivity index (χ1) is 29.6. The maximum atomic E-state index is 8.51. The standard InChI is InChI=1S/C57H67BN2O/c1-34-16-23-48-39(28-34)50-51(61-48)58-44-32-42-43(57(14,15)27-26-56(42,12)13)33-45(44)59(38-21-22-40-41(31-38)55(10,11)25-24-54(40,8)9)46-29-36(53(5,6)7)30-47(49(46)58)60(50)37-19-17-35(18-20-37)52(2,3)4/h16-23,28-33H,24-27H2,1-15H3/i1D3. The van der Waals surface area contributed by atoms with Gasteiger partial charge in [0.15, 0.2) is 0 Å². The van der Waals surface area contributed by atoms with Crippen LogP contribution < -0.4 is 26.4 Å². The molecular formula is C57H67BN2O. The zero-order valence-electron chi connectivity index (χ0n) is 42.3. The minimum Gasteiger partial charge on any atom is -0.468 e. The monoisotopic (exact) mass is 810 g/mol. The third-order valence-electron chi connectivity index (χ3n) is 15.6. The van der Waals surface area contributed by atoms with Crippen molar-refractivity contribution in [3.05, 3.63) is 124 Å². The second-order valence-corrected chi connectivity index (χ2v) is 23.8. The Morgan fingerprint density at radius 3 is 1.67 bits per heavy atom. The smallest absolute Gasteiger partial charge is 0.297 e. The number of fused-ring (bicyclic) bond motifs is 8. The lowest BCUT2D eigenvalue weighted by atomic mass is 9.35. The molecule has 3 nitrogen and oxygen atoms in total. The van der Waals surface area contributed by atoms with Crippen molar-refractivity contribution in [1.82, 2.24) is 0 Å². The number of furan rings is 1. The van der Waals surface area contributed by atoms with Crippen molar-refractivity contribution in [2.45, 2.75) is 162 Å². The van der Waals surface area contributed by atoms with Crippen molar-refractivity contribution in [3.63, 3.8) is 0 Å². The summed E-state index contributed by atoms with van der Waals surface area (Å²) in [5.41, 5.74) is 19.0. The second-order valence-electron chi connectivity index (χ2n) is 23.8. The molecule has 5 aromatic carbocycles. The van der Waals surface area contributed by atoms with Crippen molar-refractivity contribution in [1.29, 1.82) is 0 Å². The molecule has 0 saturated carbocycles. The van der Waals surface area contributed by atoms with Gasteiger partial charge < -0.3 is 14.2 Å². The normalized spacial score (nSPS) is 20.2. The van der Waals surface area contributed by atoms with E-state index in [1.54, 1.807) is 6.07 Å². The lowest BCUT2D eigenvalue weighted by Crippen LogP contribution is -2.61. The van der Waals surface area contributed by atoms with Gasteiger partial charge in [-0.05, 0) is 164 Å². The fraction of sp³-hybridized carbons (Fsp3) is 0.439. The van der Waals surface area contributed by atoms with Gasteiger partial charge in [0.25, 0.3) is 6.71 Å². The predicted molar refractivity (Wildman–Crippen MR) is 263 cm³/mol. The van der Waals surface area contributed by atoms with Crippen LogP contribution in [0.5, 0.6) is 0 Å². The number of anilines is 6. The van der Waals surface area contributed by atoms with Crippen molar-refractivity contribution < 1.29 is 8.53 Å². The van der Waals surface area contributed by atoms with Crippen LogP contribution in [-0.2, 0) is 32.5 Å². The zero-order valence-corrected chi connectivity index (χ0v) is 39.3. The Bertz CT molecular complexity index is 2910. The molecule has 4 heteroatoms. The van der Waals surface area contributed by atoms with Crippen LogP contribution in [0.3, 0.4) is 0 Å². The molecule has 2 aliphatic carbocycles. The van der Waals surface area contributed by atoms with Gasteiger partial charge in [0.1, 0.15) is 5.58 Å². The maximum absolute atomic E-state index is 8.51. The number of hydrogen-bond donors (Lipinski definition) is 0. The quantitative estimate of drug-likeness (QED) is 0.162. The Hall–Kier alpha value is -4.70. The topological polar surface area (TPSA) is 19.6 Å². The fourth-order valence-corrected chi connectivity index (χ4v) is 11.3. The first-order valence-corrected chi connectivity index (χ1v) is 22.9. The molecular weight excluding hydrogens is 739 g/mol. The van der Waals surface area contributed by atoms with Crippen molar-refractivity contribution in [2.24, 2.45) is 0 Å². The lowest BCUT2D eigenvalue weighted by molar-refractivity contribution is 0.332. The number of nitrogens with zero attached hydrogens (tertiary/aromatic N) is 2. The molecule has 0 fully saturated rings. The molecule has 0 atom stereocenters. The van der Waals surface area contributed by atoms with E-state index in [1.807, 2.05) is 12.1 Å². The molecule has 0 amide bonds. The van der Waals surface area contributed by atoms with E-state index in [0.717, 1.165) is 47.4 Å². The van der Waals surface area contributed by atoms with Gasteiger partial charge in [-0.15, -0.1) is 0 Å². The molecule has 0 N–H and O–H groups in total. The van der Waals surface area contributed by atoms with Crippen LogP contribution in [0.25, 0.3) is 11.0 Å². The number of hydrogen-bond acceptors (Lipinski definition) is 3. The summed E-state index contributed by atoms with van der Waals surface area (Å²) in [6.07, 6.45) is 4.54. The van der Waals surface area contributed by atoms with Crippen molar-refractivity contribution >= 4 is 68.4 Å². The summed E-state index contributed by atoms with van der Waals surface area (Å²) in [4.78, 5) is 5.01. The molecule has 0 saturated heterocycles. The summed E-state index contributed by atoms with van der Waals surface area (Å²) in [6, 6.07) is 31.8. The number of aryl methyl sites for hydroxylation is 1. The molecule has 4 aliphatic rings. The van der Waals surface area contributed by atoms with Gasteiger partial charge in [0.05, 0.1) is 11.3 Å². The highest BCUT2D eigenvalue weighted by Gasteiger charge is 2.50. The molecule has 1 aromatic heterocycles. The largest absolute Gasteiger partial charge is 0.468 e. The molecule has 0 bridgehead atoms. The SMILES string of the molecule is [2H]C([2H])([2H])c1ccc2oc3c(c2c1)N(c1ccc(C(C)(C)C)cc1)c1cc(C(C)(C)C)cc2c1B3c1cc3c(cc1N2c1ccc2c(c1)C(C)(C)CCC2(C)C)C(C)(C)CCC3(C)C. The van der Waals surface area contributed by atoms with E-state index in [1.165, 1.54) is 67.8 Å². The fourth-order valence-electron chi connectivity index (χ4n) is 11.3. The zero-order chi connectivity index (χ0) is 46.1. The number of rotatable bonds is 2. The highest BCUT2D eigenvalue weighted by atomic mass is 16.3. The molecule has 0 unspecified atom stereocenters. The van der Waals surface area contributed by atoms with E-state index in [-0.39, 0.29) is 39.2 Å². The average Bonchev–Trinajstić information content (AvgIpc) is 3.58. The van der Waals surface area contributed by atoms with Crippen molar-refractivity contribution in [3.8, 4) is 0 Å². The van der Waals surface area contributed by atoms with E-state index in [4.69, 9.17) is 8.53 Å². The van der Waals surface area contributed by atoms with Gasteiger partial charge >= 0.3 is 0 Å². The molecule has 6 aromatic rings. The van der Waals surface area contributed by atoms with E-state index >= 15 is 0 Å². The maximum Gasteiger partial charge on any atom is 0.297 e. The molecule has 314 valence electrons. The van der Waals surface area contributed by atoms with Crippen molar-refractivity contribution in [2.75, 3.05) is 9.80 Å². The summed E-state index contributed by atoms with van der Waals surface area (Å²) < 4.78 is 32.8. The Balaban J connectivity index is 1.36. The Labute approximate surface area is 371 Å². The lowest BCUT2D eigenvalue weighted by Gasteiger charge is -2.47.